The third kappa shape index (κ3) is 3.81. The standard InChI is InChI=1S/C19H26ClN3O3/c1-13-10-14(4-5-16(13)20)11-22-8-6-15(7-9-22)23-17(18(24)26-3)12-21(2)19(23)25/h4-5,10,15,17H,6-9,11-12H2,1-3H3/t17-/m0/s1. The van der Waals surface area contributed by atoms with Crippen LogP contribution < -0.4 is 0 Å². The zero-order valence-corrected chi connectivity index (χ0v) is 16.3. The van der Waals surface area contributed by atoms with Crippen molar-refractivity contribution in [1.82, 2.24) is 14.7 Å². The number of likely N-dealkylation sites (N-methyl/N-ethyl adjacent to an activating group) is 1. The van der Waals surface area contributed by atoms with Crippen LogP contribution in [-0.4, -0.2) is 72.6 Å². The minimum absolute atomic E-state index is 0.0767. The van der Waals surface area contributed by atoms with E-state index in [1.54, 1.807) is 16.8 Å². The Bertz CT molecular complexity index is 689. The Kier molecular flexibility index (Phi) is 5.73. The monoisotopic (exact) mass is 379 g/mol. The molecule has 1 atom stereocenters. The van der Waals surface area contributed by atoms with E-state index in [9.17, 15) is 9.59 Å². The number of hydrogen-bond acceptors (Lipinski definition) is 4. The van der Waals surface area contributed by atoms with Gasteiger partial charge in [0.15, 0.2) is 0 Å². The SMILES string of the molecule is COC(=O)[C@@H]1CN(C)C(=O)N1C1CCN(Cc2ccc(Cl)c(C)c2)CC1. The Morgan fingerprint density at radius 2 is 2.00 bits per heavy atom. The maximum absolute atomic E-state index is 12.5. The first kappa shape index (κ1) is 19.0. The summed E-state index contributed by atoms with van der Waals surface area (Å²) in [6.07, 6.45) is 1.72. The van der Waals surface area contributed by atoms with E-state index >= 15 is 0 Å². The molecule has 142 valence electrons. The van der Waals surface area contributed by atoms with E-state index in [0.29, 0.717) is 6.54 Å². The molecule has 2 amide bonds. The number of esters is 1. The van der Waals surface area contributed by atoms with Crippen LogP contribution in [0.25, 0.3) is 0 Å². The summed E-state index contributed by atoms with van der Waals surface area (Å²) in [6.45, 7) is 5.08. The molecule has 0 spiro atoms. The summed E-state index contributed by atoms with van der Waals surface area (Å²) in [7, 11) is 3.11. The quantitative estimate of drug-likeness (QED) is 0.754. The number of rotatable bonds is 4. The molecule has 3 rings (SSSR count). The number of methoxy groups -OCH3 is 1. The number of urea groups is 1. The summed E-state index contributed by atoms with van der Waals surface area (Å²) in [5.74, 6) is -0.332. The Balaban J connectivity index is 1.61. The smallest absolute Gasteiger partial charge is 0.330 e. The fraction of sp³-hybridized carbons (Fsp3) is 0.579. The molecule has 0 aromatic heterocycles. The normalized spacial score (nSPS) is 22.2. The fourth-order valence-corrected chi connectivity index (χ4v) is 4.03. The number of piperidine rings is 1. The molecule has 26 heavy (non-hydrogen) atoms. The molecule has 0 bridgehead atoms. The van der Waals surface area contributed by atoms with Crippen molar-refractivity contribution in [1.29, 1.82) is 0 Å². The number of ether oxygens (including phenoxy) is 1. The number of halogens is 1. The minimum Gasteiger partial charge on any atom is -0.467 e. The largest absolute Gasteiger partial charge is 0.467 e. The van der Waals surface area contributed by atoms with Crippen LogP contribution in [0.15, 0.2) is 18.2 Å². The van der Waals surface area contributed by atoms with E-state index in [1.165, 1.54) is 12.7 Å². The lowest BCUT2D eigenvalue weighted by molar-refractivity contribution is -0.145. The first-order valence-electron chi connectivity index (χ1n) is 8.99. The van der Waals surface area contributed by atoms with Crippen molar-refractivity contribution in [3.05, 3.63) is 34.3 Å². The number of likely N-dealkylation sites (tertiary alicyclic amines) is 1. The molecule has 6 nitrogen and oxygen atoms in total. The molecule has 1 aromatic carbocycles. The van der Waals surface area contributed by atoms with Gasteiger partial charge in [-0.3, -0.25) is 4.90 Å². The molecular weight excluding hydrogens is 354 g/mol. The molecule has 0 N–H and O–H groups in total. The van der Waals surface area contributed by atoms with Gasteiger partial charge in [-0.15, -0.1) is 0 Å². The van der Waals surface area contributed by atoms with Gasteiger partial charge < -0.3 is 14.5 Å². The van der Waals surface area contributed by atoms with Crippen molar-refractivity contribution in [2.45, 2.75) is 38.4 Å². The minimum atomic E-state index is -0.493. The maximum Gasteiger partial charge on any atom is 0.330 e. The number of amides is 2. The third-order valence-corrected chi connectivity index (χ3v) is 5.81. The molecular formula is C19H26ClN3O3. The van der Waals surface area contributed by atoms with Crippen LogP contribution in [0.5, 0.6) is 0 Å². The van der Waals surface area contributed by atoms with Gasteiger partial charge in [0.25, 0.3) is 0 Å². The van der Waals surface area contributed by atoms with Crippen molar-refractivity contribution in [3.63, 3.8) is 0 Å². The molecule has 2 fully saturated rings. The summed E-state index contributed by atoms with van der Waals surface area (Å²) in [4.78, 5) is 30.3. The highest BCUT2D eigenvalue weighted by molar-refractivity contribution is 6.31. The van der Waals surface area contributed by atoms with E-state index in [4.69, 9.17) is 16.3 Å². The molecule has 0 aliphatic carbocycles. The van der Waals surface area contributed by atoms with Gasteiger partial charge in [-0.1, -0.05) is 23.7 Å². The molecule has 0 radical (unpaired) electrons. The predicted octanol–water partition coefficient (Wildman–Crippen LogP) is 2.52. The molecule has 7 heteroatoms. The Hall–Kier alpha value is -1.79. The fourth-order valence-electron chi connectivity index (χ4n) is 3.91. The van der Waals surface area contributed by atoms with Gasteiger partial charge in [0, 0.05) is 37.7 Å². The van der Waals surface area contributed by atoms with Crippen molar-refractivity contribution in [2.75, 3.05) is 33.8 Å². The van der Waals surface area contributed by atoms with Crippen molar-refractivity contribution in [3.8, 4) is 0 Å². The Morgan fingerprint density at radius 1 is 1.31 bits per heavy atom. The van der Waals surface area contributed by atoms with Crippen LogP contribution in [0.1, 0.15) is 24.0 Å². The maximum atomic E-state index is 12.5. The zero-order chi connectivity index (χ0) is 18.8. The molecule has 1 aromatic rings. The lowest BCUT2D eigenvalue weighted by Gasteiger charge is -2.38. The molecule has 2 saturated heterocycles. The number of benzene rings is 1. The van der Waals surface area contributed by atoms with Crippen LogP contribution in [0.3, 0.4) is 0 Å². The second kappa shape index (κ2) is 7.84. The average molecular weight is 380 g/mol. The van der Waals surface area contributed by atoms with E-state index in [-0.39, 0.29) is 18.0 Å². The van der Waals surface area contributed by atoms with Crippen molar-refractivity contribution in [2.24, 2.45) is 0 Å². The van der Waals surface area contributed by atoms with E-state index in [1.807, 2.05) is 13.0 Å². The molecule has 0 saturated carbocycles. The van der Waals surface area contributed by atoms with E-state index in [0.717, 1.165) is 43.1 Å². The lowest BCUT2D eigenvalue weighted by atomic mass is 10.0. The number of aryl methyl sites for hydroxylation is 1. The summed E-state index contributed by atoms with van der Waals surface area (Å²) >= 11 is 6.10. The summed E-state index contributed by atoms with van der Waals surface area (Å²) in [5, 5.41) is 0.790. The van der Waals surface area contributed by atoms with Gasteiger partial charge in [0.2, 0.25) is 0 Å². The van der Waals surface area contributed by atoms with Crippen LogP contribution in [-0.2, 0) is 16.1 Å². The highest BCUT2D eigenvalue weighted by atomic mass is 35.5. The summed E-state index contributed by atoms with van der Waals surface area (Å²) in [6, 6.07) is 5.65. The van der Waals surface area contributed by atoms with Crippen LogP contribution in [0.2, 0.25) is 5.02 Å². The van der Waals surface area contributed by atoms with Crippen LogP contribution in [0, 0.1) is 6.92 Å². The van der Waals surface area contributed by atoms with Crippen molar-refractivity contribution >= 4 is 23.6 Å². The molecule has 0 unspecified atom stereocenters. The number of nitrogens with zero attached hydrogens (tertiary/aromatic N) is 3. The van der Waals surface area contributed by atoms with Gasteiger partial charge in [0.05, 0.1) is 13.7 Å². The van der Waals surface area contributed by atoms with Gasteiger partial charge in [-0.25, -0.2) is 9.59 Å². The second-order valence-electron chi connectivity index (χ2n) is 7.20. The third-order valence-electron chi connectivity index (χ3n) is 5.38. The Labute approximate surface area is 159 Å². The van der Waals surface area contributed by atoms with Crippen molar-refractivity contribution < 1.29 is 14.3 Å². The predicted molar refractivity (Wildman–Crippen MR) is 100 cm³/mol. The summed E-state index contributed by atoms with van der Waals surface area (Å²) in [5.41, 5.74) is 2.33. The molecule has 2 heterocycles. The highest BCUT2D eigenvalue weighted by Crippen LogP contribution is 2.26. The summed E-state index contributed by atoms with van der Waals surface area (Å²) < 4.78 is 4.89. The number of carbonyl (C=O) groups excluding carboxylic acids is 2. The lowest BCUT2D eigenvalue weighted by Crippen LogP contribution is -2.51. The highest BCUT2D eigenvalue weighted by Gasteiger charge is 2.44. The van der Waals surface area contributed by atoms with Gasteiger partial charge in [-0.2, -0.15) is 0 Å². The second-order valence-corrected chi connectivity index (χ2v) is 7.61. The first-order valence-corrected chi connectivity index (χ1v) is 9.37. The topological polar surface area (TPSA) is 53.1 Å². The Morgan fingerprint density at radius 3 is 2.62 bits per heavy atom. The zero-order valence-electron chi connectivity index (χ0n) is 15.6. The van der Waals surface area contributed by atoms with Gasteiger partial charge >= 0.3 is 12.0 Å². The number of carbonyl (C=O) groups is 2. The van der Waals surface area contributed by atoms with E-state index < -0.39 is 6.04 Å². The molecule has 2 aliphatic rings. The van der Waals surface area contributed by atoms with Gasteiger partial charge in [-0.05, 0) is 37.0 Å². The average Bonchev–Trinajstić information content (AvgIpc) is 2.93. The molecule has 2 aliphatic heterocycles. The van der Waals surface area contributed by atoms with E-state index in [2.05, 4.69) is 17.0 Å². The van der Waals surface area contributed by atoms with Crippen LogP contribution >= 0.6 is 11.6 Å². The first-order chi connectivity index (χ1) is 12.4. The van der Waals surface area contributed by atoms with Gasteiger partial charge in [0.1, 0.15) is 6.04 Å². The van der Waals surface area contributed by atoms with Crippen LogP contribution in [0.4, 0.5) is 4.79 Å². The number of hydrogen-bond donors (Lipinski definition) is 0.